The minimum atomic E-state index is 0.216. The van der Waals surface area contributed by atoms with Gasteiger partial charge in [0, 0.05) is 17.3 Å². The number of hydrogen-bond donors (Lipinski definition) is 0. The fraction of sp³-hybridized carbons (Fsp3) is 0.429. The van der Waals surface area contributed by atoms with Crippen molar-refractivity contribution >= 4 is 5.69 Å². The van der Waals surface area contributed by atoms with Crippen molar-refractivity contribution in [3.63, 3.8) is 0 Å². The molecular formula is C21H23N. The van der Waals surface area contributed by atoms with E-state index >= 15 is 0 Å². The first kappa shape index (κ1) is 12.8. The molecule has 1 saturated carbocycles. The zero-order valence-electron chi connectivity index (χ0n) is 13.4. The van der Waals surface area contributed by atoms with E-state index in [0.29, 0.717) is 17.8 Å². The van der Waals surface area contributed by atoms with Crippen LogP contribution in [0.25, 0.3) is 0 Å². The van der Waals surface area contributed by atoms with Gasteiger partial charge in [0.25, 0.3) is 0 Å². The summed E-state index contributed by atoms with van der Waals surface area (Å²) in [5.74, 6) is 2.77. The lowest BCUT2D eigenvalue weighted by atomic mass is 9.79. The number of hydrogen-bond acceptors (Lipinski definition) is 1. The zero-order valence-corrected chi connectivity index (χ0v) is 13.4. The monoisotopic (exact) mass is 289 g/mol. The van der Waals surface area contributed by atoms with Crippen LogP contribution in [0.4, 0.5) is 5.69 Å². The van der Waals surface area contributed by atoms with E-state index in [-0.39, 0.29) is 5.54 Å². The van der Waals surface area contributed by atoms with Crippen LogP contribution in [0.3, 0.4) is 0 Å². The average molecular weight is 289 g/mol. The number of allylic oxidation sites excluding steroid dienone is 4. The number of anilines is 1. The topological polar surface area (TPSA) is 3.24 Å². The van der Waals surface area contributed by atoms with Crippen molar-refractivity contribution < 1.29 is 0 Å². The summed E-state index contributed by atoms with van der Waals surface area (Å²) in [5.41, 5.74) is 4.69. The van der Waals surface area contributed by atoms with E-state index in [1.165, 1.54) is 24.2 Å². The summed E-state index contributed by atoms with van der Waals surface area (Å²) < 4.78 is 0. The number of fused-ring (bicyclic) bond motifs is 3. The lowest BCUT2D eigenvalue weighted by Gasteiger charge is -2.37. The van der Waals surface area contributed by atoms with Crippen LogP contribution in [0.2, 0.25) is 0 Å². The molecule has 0 aromatic heterocycles. The molecule has 3 aliphatic carbocycles. The van der Waals surface area contributed by atoms with Gasteiger partial charge in [0.05, 0.1) is 5.54 Å². The molecule has 1 aromatic rings. The van der Waals surface area contributed by atoms with Gasteiger partial charge >= 0.3 is 0 Å². The molecule has 1 nitrogen and oxygen atoms in total. The minimum Gasteiger partial charge on any atom is -0.331 e. The van der Waals surface area contributed by atoms with Gasteiger partial charge in [-0.15, -0.1) is 0 Å². The molecule has 5 atom stereocenters. The van der Waals surface area contributed by atoms with Crippen LogP contribution >= 0.6 is 0 Å². The highest BCUT2D eigenvalue weighted by molar-refractivity contribution is 5.70. The molecule has 0 amide bonds. The summed E-state index contributed by atoms with van der Waals surface area (Å²) in [6.07, 6.45) is 12.7. The van der Waals surface area contributed by atoms with Crippen molar-refractivity contribution in [1.29, 1.82) is 0 Å². The van der Waals surface area contributed by atoms with Gasteiger partial charge in [-0.25, -0.2) is 0 Å². The molecule has 3 unspecified atom stereocenters. The summed E-state index contributed by atoms with van der Waals surface area (Å²) in [7, 11) is 0. The van der Waals surface area contributed by atoms with E-state index in [4.69, 9.17) is 0 Å². The predicted octanol–water partition coefficient (Wildman–Crippen LogP) is 4.94. The fourth-order valence-electron chi connectivity index (χ4n) is 5.20. The average Bonchev–Trinajstić information content (AvgIpc) is 3.16. The summed E-state index contributed by atoms with van der Waals surface area (Å²) in [5, 5.41) is 0. The highest BCUT2D eigenvalue weighted by atomic mass is 15.3. The largest absolute Gasteiger partial charge is 0.331 e. The first-order valence-electron chi connectivity index (χ1n) is 8.67. The predicted molar refractivity (Wildman–Crippen MR) is 91.5 cm³/mol. The SMILES string of the molecule is CC1C=C2C(=CC1C)N(c1ccccc1)[C@]13C=C[C@H](CC21)C3. The molecule has 1 aliphatic heterocycles. The highest BCUT2D eigenvalue weighted by Crippen LogP contribution is 2.62. The molecule has 1 heterocycles. The molecule has 22 heavy (non-hydrogen) atoms. The van der Waals surface area contributed by atoms with Crippen LogP contribution in [0.5, 0.6) is 0 Å². The third-order valence-corrected chi connectivity index (χ3v) is 6.42. The Morgan fingerprint density at radius 3 is 2.59 bits per heavy atom. The van der Waals surface area contributed by atoms with Crippen molar-refractivity contribution in [2.24, 2.45) is 23.7 Å². The molecule has 1 aromatic carbocycles. The summed E-state index contributed by atoms with van der Waals surface area (Å²) >= 11 is 0. The summed E-state index contributed by atoms with van der Waals surface area (Å²) in [6.45, 7) is 4.72. The van der Waals surface area contributed by atoms with Crippen molar-refractivity contribution in [3.05, 3.63) is 65.9 Å². The highest BCUT2D eigenvalue weighted by Gasteiger charge is 2.60. The molecule has 1 heteroatoms. The molecule has 1 spiro atoms. The van der Waals surface area contributed by atoms with Crippen LogP contribution in [0.15, 0.2) is 65.9 Å². The molecular weight excluding hydrogens is 266 g/mol. The standard InChI is InChI=1S/C21H23N/c1-14-10-18-19-12-16-8-9-21(19,13-16)22(20(18)11-15(14)2)17-6-4-3-5-7-17/h3-11,14-16,19H,12-13H2,1-2H3/t14?,15?,16-,19?,21+/m1/s1. The summed E-state index contributed by atoms with van der Waals surface area (Å²) in [6, 6.07) is 11.0. The van der Waals surface area contributed by atoms with E-state index in [9.17, 15) is 0 Å². The molecule has 0 radical (unpaired) electrons. The van der Waals surface area contributed by atoms with Gasteiger partial charge in [-0.05, 0) is 48.3 Å². The van der Waals surface area contributed by atoms with E-state index < -0.39 is 0 Å². The lowest BCUT2D eigenvalue weighted by Crippen LogP contribution is -2.42. The van der Waals surface area contributed by atoms with Crippen LogP contribution < -0.4 is 4.90 Å². The Labute approximate surface area is 133 Å². The first-order chi connectivity index (χ1) is 10.7. The maximum Gasteiger partial charge on any atom is 0.0708 e. The Balaban J connectivity index is 1.73. The van der Waals surface area contributed by atoms with E-state index in [0.717, 1.165) is 5.92 Å². The van der Waals surface area contributed by atoms with Gasteiger partial charge in [0.1, 0.15) is 0 Å². The minimum absolute atomic E-state index is 0.216. The molecule has 1 saturated heterocycles. The molecule has 2 bridgehead atoms. The van der Waals surface area contributed by atoms with Gasteiger partial charge in [-0.2, -0.15) is 0 Å². The normalized spacial score (nSPS) is 41.3. The molecule has 2 fully saturated rings. The number of rotatable bonds is 1. The van der Waals surface area contributed by atoms with Crippen LogP contribution in [0, 0.1) is 23.7 Å². The Hall–Kier alpha value is -1.76. The Bertz CT molecular complexity index is 711. The maximum atomic E-state index is 2.66. The second kappa shape index (κ2) is 4.16. The fourth-order valence-corrected chi connectivity index (χ4v) is 5.20. The Kier molecular flexibility index (Phi) is 2.41. The van der Waals surface area contributed by atoms with Crippen LogP contribution in [0.1, 0.15) is 26.7 Å². The van der Waals surface area contributed by atoms with Crippen LogP contribution in [-0.4, -0.2) is 5.54 Å². The van der Waals surface area contributed by atoms with Crippen molar-refractivity contribution in [2.45, 2.75) is 32.2 Å². The van der Waals surface area contributed by atoms with Crippen LogP contribution in [-0.2, 0) is 0 Å². The third-order valence-electron chi connectivity index (χ3n) is 6.42. The molecule has 0 N–H and O–H groups in total. The van der Waals surface area contributed by atoms with Crippen molar-refractivity contribution in [1.82, 2.24) is 0 Å². The summed E-state index contributed by atoms with van der Waals surface area (Å²) in [4.78, 5) is 2.66. The van der Waals surface area contributed by atoms with Gasteiger partial charge in [0.2, 0.25) is 0 Å². The lowest BCUT2D eigenvalue weighted by molar-refractivity contribution is 0.474. The molecule has 5 rings (SSSR count). The van der Waals surface area contributed by atoms with Gasteiger partial charge in [-0.1, -0.05) is 56.4 Å². The Morgan fingerprint density at radius 1 is 1.05 bits per heavy atom. The molecule has 112 valence electrons. The van der Waals surface area contributed by atoms with Crippen molar-refractivity contribution in [2.75, 3.05) is 4.90 Å². The second-order valence-electron chi connectivity index (χ2n) is 7.67. The van der Waals surface area contributed by atoms with Crippen molar-refractivity contribution in [3.8, 4) is 0 Å². The van der Waals surface area contributed by atoms with Gasteiger partial charge < -0.3 is 4.90 Å². The van der Waals surface area contributed by atoms with E-state index in [2.05, 4.69) is 73.4 Å². The van der Waals surface area contributed by atoms with Gasteiger partial charge in [-0.3, -0.25) is 0 Å². The number of nitrogens with zero attached hydrogens (tertiary/aromatic N) is 1. The molecule has 4 aliphatic rings. The van der Waals surface area contributed by atoms with Gasteiger partial charge in [0.15, 0.2) is 0 Å². The Morgan fingerprint density at radius 2 is 1.82 bits per heavy atom. The number of para-hydroxylation sites is 1. The quantitative estimate of drug-likeness (QED) is 0.662. The second-order valence-corrected chi connectivity index (χ2v) is 7.67. The smallest absolute Gasteiger partial charge is 0.0708 e. The first-order valence-corrected chi connectivity index (χ1v) is 8.67. The maximum absolute atomic E-state index is 2.66. The van der Waals surface area contributed by atoms with E-state index in [1.807, 2.05) is 0 Å². The van der Waals surface area contributed by atoms with E-state index in [1.54, 1.807) is 5.57 Å². The number of benzene rings is 1. The third kappa shape index (κ3) is 1.45. The zero-order chi connectivity index (χ0) is 14.9.